The Bertz CT molecular complexity index is 586. The molecule has 0 aliphatic carbocycles. The van der Waals surface area contributed by atoms with Crippen molar-refractivity contribution in [1.82, 2.24) is 0 Å². The highest BCUT2D eigenvalue weighted by molar-refractivity contribution is 5.69. The first-order valence-electron chi connectivity index (χ1n) is 6.62. The molecule has 1 unspecified atom stereocenters. The first-order chi connectivity index (χ1) is 9.03. The predicted molar refractivity (Wildman–Crippen MR) is 79.5 cm³/mol. The molecule has 0 bridgehead atoms. The Labute approximate surface area is 115 Å². The Kier molecular flexibility index (Phi) is 3.84. The summed E-state index contributed by atoms with van der Waals surface area (Å²) in [7, 11) is 0. The van der Waals surface area contributed by atoms with E-state index >= 15 is 0 Å². The summed E-state index contributed by atoms with van der Waals surface area (Å²) in [6.07, 6.45) is 1.81. The van der Waals surface area contributed by atoms with Gasteiger partial charge in [-0.1, -0.05) is 59.7 Å². The van der Waals surface area contributed by atoms with E-state index < -0.39 is 5.41 Å². The topological polar surface area (TPSA) is 17.1 Å². The molecule has 0 spiro atoms. The highest BCUT2D eigenvalue weighted by Crippen LogP contribution is 2.27. The molecule has 0 amide bonds. The maximum atomic E-state index is 11.6. The average molecular weight is 252 g/mol. The molecule has 0 N–H and O–H groups in total. The second-order valence-corrected chi connectivity index (χ2v) is 5.57. The standard InChI is InChI=1S/C18H20O/c1-14-6-4-8-16(10-14)12-18(3,13-19)17-9-5-7-15(2)11-17/h4-11,13H,12H2,1-3H3. The number of aryl methyl sites for hydroxylation is 2. The quantitative estimate of drug-likeness (QED) is 0.752. The van der Waals surface area contributed by atoms with Gasteiger partial charge >= 0.3 is 0 Å². The molecule has 98 valence electrons. The Balaban J connectivity index is 2.35. The summed E-state index contributed by atoms with van der Waals surface area (Å²) in [5.74, 6) is 0. The normalized spacial score (nSPS) is 13.8. The van der Waals surface area contributed by atoms with Crippen LogP contribution in [-0.4, -0.2) is 6.29 Å². The van der Waals surface area contributed by atoms with E-state index in [1.54, 1.807) is 0 Å². The molecular weight excluding hydrogens is 232 g/mol. The second kappa shape index (κ2) is 5.40. The fourth-order valence-corrected chi connectivity index (χ4v) is 2.46. The molecule has 0 heterocycles. The van der Waals surface area contributed by atoms with Crippen LogP contribution in [0.5, 0.6) is 0 Å². The van der Waals surface area contributed by atoms with Crippen LogP contribution >= 0.6 is 0 Å². The lowest BCUT2D eigenvalue weighted by Gasteiger charge is -2.24. The van der Waals surface area contributed by atoms with E-state index in [0.29, 0.717) is 0 Å². The highest BCUT2D eigenvalue weighted by atomic mass is 16.1. The minimum Gasteiger partial charge on any atom is -0.302 e. The van der Waals surface area contributed by atoms with Crippen LogP contribution in [0.1, 0.15) is 29.2 Å². The molecule has 1 atom stereocenters. The van der Waals surface area contributed by atoms with Crippen LogP contribution in [0.15, 0.2) is 48.5 Å². The van der Waals surface area contributed by atoms with Crippen LogP contribution in [0.25, 0.3) is 0 Å². The van der Waals surface area contributed by atoms with E-state index in [1.807, 2.05) is 25.1 Å². The first kappa shape index (κ1) is 13.5. The lowest BCUT2D eigenvalue weighted by molar-refractivity contribution is -0.112. The number of aldehydes is 1. The van der Waals surface area contributed by atoms with Crippen LogP contribution in [0.2, 0.25) is 0 Å². The fraction of sp³-hybridized carbons (Fsp3) is 0.278. The number of hydrogen-bond donors (Lipinski definition) is 0. The van der Waals surface area contributed by atoms with Crippen molar-refractivity contribution >= 4 is 6.29 Å². The maximum Gasteiger partial charge on any atom is 0.130 e. The molecule has 2 rings (SSSR count). The molecule has 19 heavy (non-hydrogen) atoms. The van der Waals surface area contributed by atoms with Gasteiger partial charge in [0, 0.05) is 0 Å². The Morgan fingerprint density at radius 3 is 2.21 bits per heavy atom. The van der Waals surface area contributed by atoms with Gasteiger partial charge in [0.25, 0.3) is 0 Å². The third-order valence-electron chi connectivity index (χ3n) is 3.59. The van der Waals surface area contributed by atoms with Gasteiger partial charge in [-0.15, -0.1) is 0 Å². The van der Waals surface area contributed by atoms with Crippen molar-refractivity contribution in [2.24, 2.45) is 0 Å². The minimum atomic E-state index is -0.459. The lowest BCUT2D eigenvalue weighted by Crippen LogP contribution is -2.27. The van der Waals surface area contributed by atoms with Crippen molar-refractivity contribution in [3.05, 3.63) is 70.8 Å². The molecule has 0 saturated carbocycles. The van der Waals surface area contributed by atoms with Gasteiger partial charge in [-0.3, -0.25) is 0 Å². The summed E-state index contributed by atoms with van der Waals surface area (Å²) >= 11 is 0. The van der Waals surface area contributed by atoms with E-state index in [-0.39, 0.29) is 0 Å². The zero-order valence-electron chi connectivity index (χ0n) is 11.8. The molecule has 1 nitrogen and oxygen atoms in total. The molecule has 0 aliphatic heterocycles. The van der Waals surface area contributed by atoms with Gasteiger partial charge in [-0.25, -0.2) is 0 Å². The van der Waals surface area contributed by atoms with E-state index in [4.69, 9.17) is 0 Å². The molecular formula is C18H20O. The van der Waals surface area contributed by atoms with Crippen molar-refractivity contribution in [2.45, 2.75) is 32.6 Å². The number of benzene rings is 2. The molecule has 0 saturated heterocycles. The number of carbonyl (C=O) groups is 1. The van der Waals surface area contributed by atoms with Gasteiger partial charge in [0.1, 0.15) is 6.29 Å². The van der Waals surface area contributed by atoms with E-state index in [9.17, 15) is 4.79 Å². The second-order valence-electron chi connectivity index (χ2n) is 5.57. The monoisotopic (exact) mass is 252 g/mol. The predicted octanol–water partition coefficient (Wildman–Crippen LogP) is 4.00. The van der Waals surface area contributed by atoms with Gasteiger partial charge in [-0.05, 0) is 38.3 Å². The Morgan fingerprint density at radius 2 is 1.63 bits per heavy atom. The van der Waals surface area contributed by atoms with Crippen molar-refractivity contribution in [2.75, 3.05) is 0 Å². The summed E-state index contributed by atoms with van der Waals surface area (Å²) in [6.45, 7) is 6.15. The number of rotatable bonds is 4. The minimum absolute atomic E-state index is 0.459. The molecule has 1 heteroatoms. The van der Waals surface area contributed by atoms with Gasteiger partial charge in [0.2, 0.25) is 0 Å². The SMILES string of the molecule is Cc1cccc(CC(C)(C=O)c2cccc(C)c2)c1. The Morgan fingerprint density at radius 1 is 1.00 bits per heavy atom. The summed E-state index contributed by atoms with van der Waals surface area (Å²) in [5.41, 5.74) is 4.25. The van der Waals surface area contributed by atoms with Gasteiger partial charge in [0.05, 0.1) is 5.41 Å². The van der Waals surface area contributed by atoms with Gasteiger partial charge in [-0.2, -0.15) is 0 Å². The molecule has 0 radical (unpaired) electrons. The van der Waals surface area contributed by atoms with Gasteiger partial charge in [0.15, 0.2) is 0 Å². The zero-order chi connectivity index (χ0) is 13.9. The van der Waals surface area contributed by atoms with E-state index in [1.165, 1.54) is 16.7 Å². The van der Waals surface area contributed by atoms with Crippen molar-refractivity contribution in [3.8, 4) is 0 Å². The van der Waals surface area contributed by atoms with Crippen LogP contribution in [0, 0.1) is 13.8 Å². The van der Waals surface area contributed by atoms with Crippen molar-refractivity contribution < 1.29 is 4.79 Å². The lowest BCUT2D eigenvalue weighted by atomic mass is 9.78. The number of carbonyl (C=O) groups excluding carboxylic acids is 1. The third-order valence-corrected chi connectivity index (χ3v) is 3.59. The summed E-state index contributed by atoms with van der Waals surface area (Å²) in [5, 5.41) is 0. The third kappa shape index (κ3) is 3.11. The van der Waals surface area contributed by atoms with Crippen LogP contribution < -0.4 is 0 Å². The van der Waals surface area contributed by atoms with Crippen LogP contribution in [0.4, 0.5) is 0 Å². The Hall–Kier alpha value is -1.89. The molecule has 2 aromatic carbocycles. The molecule has 0 aromatic heterocycles. The number of hydrogen-bond acceptors (Lipinski definition) is 1. The molecule has 0 fully saturated rings. The average Bonchev–Trinajstić information content (AvgIpc) is 2.38. The summed E-state index contributed by atoms with van der Waals surface area (Å²) in [4.78, 5) is 11.6. The van der Waals surface area contributed by atoms with Crippen molar-refractivity contribution in [3.63, 3.8) is 0 Å². The molecule has 0 aliphatic rings. The smallest absolute Gasteiger partial charge is 0.130 e. The zero-order valence-corrected chi connectivity index (χ0v) is 11.8. The van der Waals surface area contributed by atoms with Gasteiger partial charge < -0.3 is 4.79 Å². The van der Waals surface area contributed by atoms with Crippen molar-refractivity contribution in [1.29, 1.82) is 0 Å². The van der Waals surface area contributed by atoms with Crippen LogP contribution in [0.3, 0.4) is 0 Å². The largest absolute Gasteiger partial charge is 0.302 e. The summed E-state index contributed by atoms with van der Waals surface area (Å²) in [6, 6.07) is 16.6. The van der Waals surface area contributed by atoms with E-state index in [2.05, 4.69) is 44.2 Å². The van der Waals surface area contributed by atoms with E-state index in [0.717, 1.165) is 18.3 Å². The fourth-order valence-electron chi connectivity index (χ4n) is 2.46. The molecule has 2 aromatic rings. The summed E-state index contributed by atoms with van der Waals surface area (Å²) < 4.78 is 0. The first-order valence-corrected chi connectivity index (χ1v) is 6.62. The van der Waals surface area contributed by atoms with Crippen LogP contribution in [-0.2, 0) is 16.6 Å². The highest BCUT2D eigenvalue weighted by Gasteiger charge is 2.26. The maximum absolute atomic E-state index is 11.6.